The Balaban J connectivity index is 3.36. The van der Waals surface area contributed by atoms with Crippen LogP contribution < -0.4 is 9.47 Å². The number of aliphatic hydroxyl groups is 1. The summed E-state index contributed by atoms with van der Waals surface area (Å²) in [4.78, 5) is 0. The maximum atomic E-state index is 10.0. The van der Waals surface area contributed by atoms with Gasteiger partial charge >= 0.3 is 0 Å². The highest BCUT2D eigenvalue weighted by Crippen LogP contribution is 2.48. The second-order valence-electron chi connectivity index (χ2n) is 3.69. The van der Waals surface area contributed by atoms with Gasteiger partial charge in [-0.2, -0.15) is 0 Å². The molecule has 0 aliphatic carbocycles. The number of aliphatic hydroxyl groups excluding tert-OH is 1. The van der Waals surface area contributed by atoms with E-state index in [1.54, 1.807) is 6.92 Å². The van der Waals surface area contributed by atoms with E-state index >= 15 is 0 Å². The third-order valence-electron chi connectivity index (χ3n) is 2.72. The van der Waals surface area contributed by atoms with Crippen LogP contribution in [0.2, 0.25) is 0 Å². The number of hydrogen-bond donors (Lipinski definition) is 3. The van der Waals surface area contributed by atoms with Gasteiger partial charge in [0, 0.05) is 17.7 Å². The SMILES string of the molecule is COc1c(O)c(C)c(CCCO)c(O)c1OC. The molecule has 96 valence electrons. The van der Waals surface area contributed by atoms with Crippen LogP contribution in [0.15, 0.2) is 0 Å². The molecule has 0 saturated carbocycles. The molecule has 0 spiro atoms. The first-order valence-corrected chi connectivity index (χ1v) is 5.34. The zero-order chi connectivity index (χ0) is 13.0. The van der Waals surface area contributed by atoms with Crippen molar-refractivity contribution in [3.63, 3.8) is 0 Å². The normalized spacial score (nSPS) is 10.4. The van der Waals surface area contributed by atoms with Gasteiger partial charge in [0.15, 0.2) is 11.5 Å². The first kappa shape index (κ1) is 13.4. The largest absolute Gasteiger partial charge is 0.504 e. The average molecular weight is 242 g/mol. The van der Waals surface area contributed by atoms with Crippen LogP contribution in [0.3, 0.4) is 0 Å². The van der Waals surface area contributed by atoms with E-state index in [9.17, 15) is 10.2 Å². The Hall–Kier alpha value is -1.62. The van der Waals surface area contributed by atoms with Crippen molar-refractivity contribution >= 4 is 0 Å². The fraction of sp³-hybridized carbons (Fsp3) is 0.500. The molecule has 1 rings (SSSR count). The number of aromatic hydroxyl groups is 2. The molecule has 0 aliphatic heterocycles. The van der Waals surface area contributed by atoms with Crippen molar-refractivity contribution in [1.82, 2.24) is 0 Å². The van der Waals surface area contributed by atoms with Crippen molar-refractivity contribution in [3.8, 4) is 23.0 Å². The van der Waals surface area contributed by atoms with Crippen LogP contribution in [0.5, 0.6) is 23.0 Å². The maximum absolute atomic E-state index is 10.0. The van der Waals surface area contributed by atoms with Crippen molar-refractivity contribution in [1.29, 1.82) is 0 Å². The van der Waals surface area contributed by atoms with Gasteiger partial charge in [-0.05, 0) is 19.8 Å². The Morgan fingerprint density at radius 3 is 2.00 bits per heavy atom. The lowest BCUT2D eigenvalue weighted by molar-refractivity contribution is 0.286. The van der Waals surface area contributed by atoms with Crippen molar-refractivity contribution in [2.24, 2.45) is 0 Å². The lowest BCUT2D eigenvalue weighted by Gasteiger charge is -2.17. The molecule has 1 aromatic carbocycles. The first-order chi connectivity index (χ1) is 8.08. The number of rotatable bonds is 5. The molecule has 0 atom stereocenters. The van der Waals surface area contributed by atoms with Crippen LogP contribution >= 0.6 is 0 Å². The monoisotopic (exact) mass is 242 g/mol. The van der Waals surface area contributed by atoms with E-state index in [-0.39, 0.29) is 29.6 Å². The summed E-state index contributed by atoms with van der Waals surface area (Å²) < 4.78 is 10.0. The fourth-order valence-corrected chi connectivity index (χ4v) is 1.78. The van der Waals surface area contributed by atoms with E-state index in [1.165, 1.54) is 14.2 Å². The van der Waals surface area contributed by atoms with Gasteiger partial charge in [-0.3, -0.25) is 0 Å². The Labute approximate surface area is 100 Å². The zero-order valence-corrected chi connectivity index (χ0v) is 10.3. The first-order valence-electron chi connectivity index (χ1n) is 5.34. The van der Waals surface area contributed by atoms with Crippen molar-refractivity contribution in [2.75, 3.05) is 20.8 Å². The van der Waals surface area contributed by atoms with Gasteiger partial charge in [-0.1, -0.05) is 0 Å². The average Bonchev–Trinajstić information content (AvgIpc) is 2.33. The molecule has 5 nitrogen and oxygen atoms in total. The van der Waals surface area contributed by atoms with E-state index in [2.05, 4.69) is 0 Å². The third-order valence-corrected chi connectivity index (χ3v) is 2.72. The van der Waals surface area contributed by atoms with Gasteiger partial charge in [0.2, 0.25) is 11.5 Å². The predicted molar refractivity (Wildman–Crippen MR) is 63.0 cm³/mol. The summed E-state index contributed by atoms with van der Waals surface area (Å²) in [6.45, 7) is 1.71. The molecule has 0 unspecified atom stereocenters. The second kappa shape index (κ2) is 5.63. The molecule has 0 heterocycles. The molecule has 17 heavy (non-hydrogen) atoms. The van der Waals surface area contributed by atoms with E-state index in [0.29, 0.717) is 24.0 Å². The van der Waals surface area contributed by atoms with E-state index in [1.807, 2.05) is 0 Å². The van der Waals surface area contributed by atoms with Crippen molar-refractivity contribution in [2.45, 2.75) is 19.8 Å². The molecule has 0 fully saturated rings. The number of methoxy groups -OCH3 is 2. The topological polar surface area (TPSA) is 79.2 Å². The van der Waals surface area contributed by atoms with Crippen LogP contribution in [-0.2, 0) is 6.42 Å². The zero-order valence-electron chi connectivity index (χ0n) is 10.3. The van der Waals surface area contributed by atoms with Gasteiger partial charge in [0.1, 0.15) is 0 Å². The van der Waals surface area contributed by atoms with Crippen LogP contribution in [0.4, 0.5) is 0 Å². The van der Waals surface area contributed by atoms with Gasteiger partial charge in [-0.25, -0.2) is 0 Å². The second-order valence-corrected chi connectivity index (χ2v) is 3.69. The highest BCUT2D eigenvalue weighted by atomic mass is 16.5. The summed E-state index contributed by atoms with van der Waals surface area (Å²) >= 11 is 0. The summed E-state index contributed by atoms with van der Waals surface area (Å²) in [5.74, 6) is 0.141. The molecule has 0 amide bonds. The van der Waals surface area contributed by atoms with Gasteiger partial charge < -0.3 is 24.8 Å². The molecule has 0 aromatic heterocycles. The van der Waals surface area contributed by atoms with Gasteiger partial charge in [0.25, 0.3) is 0 Å². The minimum Gasteiger partial charge on any atom is -0.504 e. The molecule has 1 aromatic rings. The van der Waals surface area contributed by atoms with E-state index in [4.69, 9.17) is 14.6 Å². The standard InChI is InChI=1S/C12H18O5/c1-7-8(5-4-6-13)10(15)12(17-3)11(16-2)9(7)14/h13-15H,4-6H2,1-3H3. The van der Waals surface area contributed by atoms with Crippen molar-refractivity contribution in [3.05, 3.63) is 11.1 Å². The molecule has 0 bridgehead atoms. The molecule has 0 aliphatic rings. The predicted octanol–water partition coefficient (Wildman–Crippen LogP) is 1.35. The van der Waals surface area contributed by atoms with Crippen LogP contribution in [0.25, 0.3) is 0 Å². The molecule has 3 N–H and O–H groups in total. The molecular weight excluding hydrogens is 224 g/mol. The summed E-state index contributed by atoms with van der Waals surface area (Å²) in [6, 6.07) is 0. The smallest absolute Gasteiger partial charge is 0.207 e. The van der Waals surface area contributed by atoms with Crippen LogP contribution in [-0.4, -0.2) is 36.1 Å². The number of benzene rings is 1. The fourth-order valence-electron chi connectivity index (χ4n) is 1.78. The Bertz CT molecular complexity index is 401. The maximum Gasteiger partial charge on any atom is 0.207 e. The number of hydrogen-bond acceptors (Lipinski definition) is 5. The Morgan fingerprint density at radius 2 is 1.53 bits per heavy atom. The van der Waals surface area contributed by atoms with Gasteiger partial charge in [-0.15, -0.1) is 0 Å². The summed E-state index contributed by atoms with van der Waals surface area (Å²) in [7, 11) is 2.78. The lowest BCUT2D eigenvalue weighted by atomic mass is 10.0. The molecule has 5 heteroatoms. The minimum atomic E-state index is -0.0481. The highest BCUT2D eigenvalue weighted by molar-refractivity contribution is 5.65. The Morgan fingerprint density at radius 1 is 1.00 bits per heavy atom. The molecule has 0 radical (unpaired) electrons. The Kier molecular flexibility index (Phi) is 4.45. The number of phenols is 2. The summed E-state index contributed by atoms with van der Waals surface area (Å²) in [5.41, 5.74) is 1.10. The van der Waals surface area contributed by atoms with Crippen molar-refractivity contribution < 1.29 is 24.8 Å². The van der Waals surface area contributed by atoms with Crippen LogP contribution in [0.1, 0.15) is 17.5 Å². The number of phenolic OH excluding ortho intramolecular Hbond substituents is 2. The minimum absolute atomic E-state index is 0.0218. The number of ether oxygens (including phenoxy) is 2. The van der Waals surface area contributed by atoms with Crippen LogP contribution in [0, 0.1) is 6.92 Å². The third kappa shape index (κ3) is 2.39. The summed E-state index contributed by atoms with van der Waals surface area (Å²) in [6.07, 6.45) is 0.964. The summed E-state index contributed by atoms with van der Waals surface area (Å²) in [5, 5.41) is 28.8. The molecular formula is C12H18O5. The molecule has 0 saturated heterocycles. The van der Waals surface area contributed by atoms with E-state index in [0.717, 1.165) is 0 Å². The quantitative estimate of drug-likeness (QED) is 0.679. The highest BCUT2D eigenvalue weighted by Gasteiger charge is 2.22. The van der Waals surface area contributed by atoms with E-state index < -0.39 is 0 Å². The lowest BCUT2D eigenvalue weighted by Crippen LogP contribution is -1.99. The van der Waals surface area contributed by atoms with Gasteiger partial charge in [0.05, 0.1) is 14.2 Å².